The van der Waals surface area contributed by atoms with Crippen LogP contribution in [0.15, 0.2) is 24.3 Å². The Balaban J connectivity index is 1.36. The van der Waals surface area contributed by atoms with Crippen molar-refractivity contribution >= 4 is 27.5 Å². The van der Waals surface area contributed by atoms with Gasteiger partial charge in [-0.1, -0.05) is 12.0 Å². The molecular formula is C30H24F2N4O5. The number of ether oxygens (including phenoxy) is 4. The third-order valence-electron chi connectivity index (χ3n) is 8.53. The second-order valence-electron chi connectivity index (χ2n) is 11.2. The second-order valence-corrected chi connectivity index (χ2v) is 11.2. The van der Waals surface area contributed by atoms with Gasteiger partial charge in [-0.25, -0.2) is 13.8 Å². The fourth-order valence-corrected chi connectivity index (χ4v) is 6.47. The Kier molecular flexibility index (Phi) is 5.30. The van der Waals surface area contributed by atoms with Crippen LogP contribution in [0.2, 0.25) is 0 Å². The van der Waals surface area contributed by atoms with Gasteiger partial charge in [0.05, 0.1) is 44.1 Å². The van der Waals surface area contributed by atoms with E-state index in [4.69, 9.17) is 30.4 Å². The molecule has 6 heterocycles. The number of terminal acetylenes is 1. The normalized spacial score (nSPS) is 24.4. The quantitative estimate of drug-likeness (QED) is 0.373. The summed E-state index contributed by atoms with van der Waals surface area (Å²) >= 11 is 0. The van der Waals surface area contributed by atoms with E-state index in [1.807, 2.05) is 4.90 Å². The zero-order valence-electron chi connectivity index (χ0n) is 21.8. The van der Waals surface area contributed by atoms with E-state index in [-0.39, 0.29) is 69.5 Å². The van der Waals surface area contributed by atoms with Gasteiger partial charge in [0.15, 0.2) is 5.82 Å². The molecule has 1 aliphatic carbocycles. The first kappa shape index (κ1) is 24.5. The van der Waals surface area contributed by atoms with Crippen LogP contribution in [-0.4, -0.2) is 71.8 Å². The number of phenols is 1. The number of halogens is 2. The number of aromatic nitrogens is 3. The summed E-state index contributed by atoms with van der Waals surface area (Å²) in [4.78, 5) is 15.8. The van der Waals surface area contributed by atoms with Crippen molar-refractivity contribution in [3.05, 3.63) is 41.5 Å². The minimum Gasteiger partial charge on any atom is -0.508 e. The van der Waals surface area contributed by atoms with Gasteiger partial charge in [-0.2, -0.15) is 9.97 Å². The lowest BCUT2D eigenvalue weighted by Crippen LogP contribution is -2.48. The lowest BCUT2D eigenvalue weighted by atomic mass is 9.71. The van der Waals surface area contributed by atoms with Crippen molar-refractivity contribution in [3.8, 4) is 41.2 Å². The highest BCUT2D eigenvalue weighted by Crippen LogP contribution is 2.50. The highest BCUT2D eigenvalue weighted by molar-refractivity contribution is 6.04. The summed E-state index contributed by atoms with van der Waals surface area (Å²) < 4.78 is 55.1. The third-order valence-corrected chi connectivity index (χ3v) is 8.53. The minimum atomic E-state index is -0.794. The topological polar surface area (TPSA) is 99.1 Å². The average molecular weight is 559 g/mol. The molecule has 4 fully saturated rings. The third kappa shape index (κ3) is 3.71. The van der Waals surface area contributed by atoms with E-state index >= 15 is 4.39 Å². The van der Waals surface area contributed by atoms with Crippen LogP contribution in [0, 0.1) is 29.4 Å². The van der Waals surface area contributed by atoms with Gasteiger partial charge in [-0.05, 0) is 36.4 Å². The van der Waals surface area contributed by atoms with Crippen molar-refractivity contribution < 1.29 is 32.8 Å². The maximum atomic E-state index is 16.7. The number of morpholine rings is 1. The number of anilines is 1. The molecule has 0 amide bonds. The first-order valence-corrected chi connectivity index (χ1v) is 13.5. The van der Waals surface area contributed by atoms with E-state index in [1.165, 1.54) is 24.3 Å². The molecule has 4 aliphatic heterocycles. The molecule has 4 aromatic rings. The highest BCUT2D eigenvalue weighted by atomic mass is 19.1. The monoisotopic (exact) mass is 558 g/mol. The number of pyridine rings is 1. The highest BCUT2D eigenvalue weighted by Gasteiger charge is 2.52. The Morgan fingerprint density at radius 2 is 2.02 bits per heavy atom. The summed E-state index contributed by atoms with van der Waals surface area (Å²) in [6, 6.07) is 5.27. The van der Waals surface area contributed by atoms with Gasteiger partial charge in [-0.3, -0.25) is 0 Å². The molecule has 11 heteroatoms. The van der Waals surface area contributed by atoms with Gasteiger partial charge in [0, 0.05) is 22.9 Å². The first-order chi connectivity index (χ1) is 19.9. The number of rotatable bonds is 4. The number of aromatic hydroxyl groups is 1. The molecule has 2 aromatic carbocycles. The molecule has 1 N–H and O–H groups in total. The molecule has 2 aromatic heterocycles. The Morgan fingerprint density at radius 1 is 1.15 bits per heavy atom. The van der Waals surface area contributed by atoms with Gasteiger partial charge in [-0.15, -0.1) is 6.42 Å². The maximum absolute atomic E-state index is 16.7. The van der Waals surface area contributed by atoms with E-state index in [0.29, 0.717) is 49.6 Å². The Morgan fingerprint density at radius 3 is 2.83 bits per heavy atom. The number of hydrogen-bond donors (Lipinski definition) is 1. The van der Waals surface area contributed by atoms with Crippen LogP contribution in [0.25, 0.3) is 32.9 Å². The smallest absolute Gasteiger partial charge is 0.319 e. The van der Waals surface area contributed by atoms with E-state index < -0.39 is 11.6 Å². The molecule has 0 spiro atoms. The minimum absolute atomic E-state index is 0.0301. The van der Waals surface area contributed by atoms with Gasteiger partial charge < -0.3 is 29.0 Å². The number of fused-ring (bicyclic) bond motifs is 4. The van der Waals surface area contributed by atoms with E-state index in [2.05, 4.69) is 15.9 Å². The van der Waals surface area contributed by atoms with E-state index in [9.17, 15) is 9.50 Å². The zero-order valence-corrected chi connectivity index (χ0v) is 21.8. The molecule has 9 rings (SSSR count). The molecule has 1 atom stereocenters. The van der Waals surface area contributed by atoms with Gasteiger partial charge in [0.1, 0.15) is 40.6 Å². The molecule has 0 unspecified atom stereocenters. The number of nitrogens with zero attached hydrogens (tertiary/aromatic N) is 4. The fraction of sp³-hybridized carbons (Fsp3) is 0.367. The molecule has 208 valence electrons. The fourth-order valence-electron chi connectivity index (χ4n) is 6.47. The van der Waals surface area contributed by atoms with E-state index in [1.54, 1.807) is 0 Å². The predicted octanol–water partition coefficient (Wildman–Crippen LogP) is 3.97. The summed E-state index contributed by atoms with van der Waals surface area (Å²) in [6.07, 6.45) is 7.77. The van der Waals surface area contributed by atoms with Gasteiger partial charge >= 0.3 is 6.01 Å². The molecule has 5 aliphatic rings. The zero-order chi connectivity index (χ0) is 27.9. The summed E-state index contributed by atoms with van der Waals surface area (Å²) in [5, 5.41) is 11.5. The summed E-state index contributed by atoms with van der Waals surface area (Å²) in [7, 11) is 0. The van der Waals surface area contributed by atoms with Crippen molar-refractivity contribution in [1.29, 1.82) is 0 Å². The Hall–Kier alpha value is -4.27. The molecule has 0 radical (unpaired) electrons. The predicted molar refractivity (Wildman–Crippen MR) is 144 cm³/mol. The van der Waals surface area contributed by atoms with Crippen molar-refractivity contribution in [2.24, 2.45) is 5.41 Å². The van der Waals surface area contributed by atoms with Crippen LogP contribution < -0.4 is 14.4 Å². The number of phenolic OH excluding ortho intramolecular Hbond substituents is 1. The SMILES string of the molecule is C#Cc1c(F)ccc2cc(O)cc(-c3nc4c5c(nc(OCC67COC(C6)C7)nc5c3F)N3CCOC[C@H]3CO4)c12. The van der Waals surface area contributed by atoms with Crippen LogP contribution in [0.1, 0.15) is 18.4 Å². The Bertz CT molecular complexity index is 1800. The van der Waals surface area contributed by atoms with Crippen LogP contribution in [0.5, 0.6) is 17.6 Å². The van der Waals surface area contributed by atoms with Crippen LogP contribution >= 0.6 is 0 Å². The summed E-state index contributed by atoms with van der Waals surface area (Å²) in [6.45, 7) is 2.57. The maximum Gasteiger partial charge on any atom is 0.319 e. The molecule has 9 nitrogen and oxygen atoms in total. The van der Waals surface area contributed by atoms with Crippen LogP contribution in [0.4, 0.5) is 14.6 Å². The molecule has 2 bridgehead atoms. The van der Waals surface area contributed by atoms with Crippen molar-refractivity contribution in [2.75, 3.05) is 44.5 Å². The molecule has 3 saturated heterocycles. The van der Waals surface area contributed by atoms with Gasteiger partial charge in [0.25, 0.3) is 0 Å². The molecule has 1 saturated carbocycles. The Labute approximate surface area is 233 Å². The molecular weight excluding hydrogens is 534 g/mol. The first-order valence-electron chi connectivity index (χ1n) is 13.5. The molecule has 41 heavy (non-hydrogen) atoms. The average Bonchev–Trinajstić information content (AvgIpc) is 3.53. The van der Waals surface area contributed by atoms with Crippen molar-refractivity contribution in [2.45, 2.75) is 25.0 Å². The summed E-state index contributed by atoms with van der Waals surface area (Å²) in [5.41, 5.74) is -0.276. The number of hydrogen-bond acceptors (Lipinski definition) is 9. The van der Waals surface area contributed by atoms with Crippen LogP contribution in [0.3, 0.4) is 0 Å². The largest absolute Gasteiger partial charge is 0.508 e. The number of benzene rings is 2. The van der Waals surface area contributed by atoms with Crippen molar-refractivity contribution in [1.82, 2.24) is 15.0 Å². The lowest BCUT2D eigenvalue weighted by molar-refractivity contribution is 0.0760. The van der Waals surface area contributed by atoms with Crippen LogP contribution in [-0.2, 0) is 9.47 Å². The van der Waals surface area contributed by atoms with Crippen molar-refractivity contribution in [3.63, 3.8) is 0 Å². The lowest BCUT2D eigenvalue weighted by Gasteiger charge is -2.35. The second kappa shape index (κ2) is 8.86. The van der Waals surface area contributed by atoms with Gasteiger partial charge in [0.2, 0.25) is 5.88 Å². The summed E-state index contributed by atoms with van der Waals surface area (Å²) in [5.74, 6) is 1.33. The van der Waals surface area contributed by atoms with E-state index in [0.717, 1.165) is 12.8 Å². The standard InChI is InChI=1S/C30H24F2N4O5/c1-2-19-21(31)4-3-15-7-17(37)8-20(22(15)19)25-24(32)26-23-27(36-5-6-38-11-16(36)12-39-28(23)33-25)35-29(34-26)41-14-30-9-18(10-30)40-13-30/h1,3-4,7-8,16,18,37H,5-6,9-14H2/t16-,18?,30?/m0/s1.